The molecule has 3 aromatic rings. The zero-order valence-corrected chi connectivity index (χ0v) is 20.2. The van der Waals surface area contributed by atoms with E-state index >= 15 is 0 Å². The van der Waals surface area contributed by atoms with Crippen molar-refractivity contribution >= 4 is 22.6 Å². The highest BCUT2D eigenvalue weighted by atomic mass is 16.2. The Balaban J connectivity index is 1.30. The van der Waals surface area contributed by atoms with Crippen molar-refractivity contribution in [3.8, 4) is 0 Å². The van der Waals surface area contributed by atoms with E-state index in [2.05, 4.69) is 39.8 Å². The molecule has 1 saturated heterocycles. The van der Waals surface area contributed by atoms with Crippen LogP contribution in [0.5, 0.6) is 0 Å². The summed E-state index contributed by atoms with van der Waals surface area (Å²) in [4.78, 5) is 28.4. The Hall–Kier alpha value is -3.18. The predicted molar refractivity (Wildman–Crippen MR) is 137 cm³/mol. The summed E-state index contributed by atoms with van der Waals surface area (Å²) in [5.41, 5.74) is 2.29. The summed E-state index contributed by atoms with van der Waals surface area (Å²) in [6.07, 6.45) is 2.11. The third-order valence-corrected chi connectivity index (χ3v) is 6.68. The van der Waals surface area contributed by atoms with Gasteiger partial charge in [0.15, 0.2) is 0 Å². The van der Waals surface area contributed by atoms with Crippen molar-refractivity contribution in [2.45, 2.75) is 51.7 Å². The first kappa shape index (κ1) is 24.0. The molecule has 178 valence electrons. The monoisotopic (exact) mass is 457 g/mol. The van der Waals surface area contributed by atoms with Gasteiger partial charge in [-0.3, -0.25) is 14.5 Å². The lowest BCUT2D eigenvalue weighted by atomic mass is 9.99. The Kier molecular flexibility index (Phi) is 7.96. The third kappa shape index (κ3) is 6.23. The molecule has 0 radical (unpaired) electrons. The molecule has 34 heavy (non-hydrogen) atoms. The molecule has 0 spiro atoms. The molecule has 1 aliphatic heterocycles. The summed E-state index contributed by atoms with van der Waals surface area (Å²) < 4.78 is 0. The molecule has 3 aromatic carbocycles. The molecule has 0 aromatic heterocycles. The van der Waals surface area contributed by atoms with Crippen molar-refractivity contribution in [3.05, 3.63) is 83.9 Å². The fourth-order valence-corrected chi connectivity index (χ4v) is 4.75. The molecule has 2 amide bonds. The van der Waals surface area contributed by atoms with Crippen molar-refractivity contribution in [2.75, 3.05) is 13.1 Å². The second-order valence-electron chi connectivity index (χ2n) is 9.65. The zero-order chi connectivity index (χ0) is 23.9. The van der Waals surface area contributed by atoms with Gasteiger partial charge in [0.05, 0.1) is 6.42 Å². The molecule has 5 heteroatoms. The number of amides is 2. The number of nitrogens with zero attached hydrogens (tertiary/aromatic N) is 1. The first-order valence-corrected chi connectivity index (χ1v) is 12.3. The van der Waals surface area contributed by atoms with Crippen LogP contribution >= 0.6 is 0 Å². The number of carbonyl (C=O) groups excluding carboxylic acids is 2. The molecule has 1 atom stereocenters. The van der Waals surface area contributed by atoms with Gasteiger partial charge in [-0.05, 0) is 40.7 Å². The van der Waals surface area contributed by atoms with Crippen molar-refractivity contribution in [2.24, 2.45) is 5.92 Å². The second kappa shape index (κ2) is 11.3. The number of hydrogen-bond donors (Lipinski definition) is 2. The normalized spacial score (nSPS) is 15.9. The molecule has 2 N–H and O–H groups in total. The largest absolute Gasteiger partial charge is 0.351 e. The Bertz CT molecular complexity index is 1100. The molecule has 0 aliphatic carbocycles. The van der Waals surface area contributed by atoms with E-state index in [1.165, 1.54) is 5.56 Å². The van der Waals surface area contributed by atoms with Gasteiger partial charge in [-0.25, -0.2) is 0 Å². The summed E-state index contributed by atoms with van der Waals surface area (Å²) in [5.74, 6) is -0.194. The molecule has 1 heterocycles. The summed E-state index contributed by atoms with van der Waals surface area (Å²) in [6.45, 7) is 6.81. The molecular weight excluding hydrogens is 422 g/mol. The minimum absolute atomic E-state index is 0.00892. The van der Waals surface area contributed by atoms with E-state index in [4.69, 9.17) is 0 Å². The van der Waals surface area contributed by atoms with Gasteiger partial charge in [-0.15, -0.1) is 0 Å². The number of nitrogens with one attached hydrogen (secondary N) is 2. The fraction of sp³-hybridized carbons (Fsp3) is 0.379. The van der Waals surface area contributed by atoms with E-state index in [0.717, 1.165) is 48.8 Å². The van der Waals surface area contributed by atoms with Gasteiger partial charge in [0, 0.05) is 25.7 Å². The lowest BCUT2D eigenvalue weighted by molar-refractivity contribution is -0.130. The number of hydrogen-bond acceptors (Lipinski definition) is 3. The van der Waals surface area contributed by atoms with Gasteiger partial charge in [0.25, 0.3) is 0 Å². The van der Waals surface area contributed by atoms with E-state index in [1.54, 1.807) is 0 Å². The van der Waals surface area contributed by atoms with E-state index in [0.29, 0.717) is 0 Å². The van der Waals surface area contributed by atoms with Crippen LogP contribution in [0, 0.1) is 5.92 Å². The van der Waals surface area contributed by atoms with Crippen LogP contribution in [0.25, 0.3) is 10.8 Å². The van der Waals surface area contributed by atoms with Gasteiger partial charge in [-0.1, -0.05) is 86.6 Å². The van der Waals surface area contributed by atoms with Crippen LogP contribution in [0.3, 0.4) is 0 Å². The van der Waals surface area contributed by atoms with Gasteiger partial charge < -0.3 is 10.6 Å². The smallest absolute Gasteiger partial charge is 0.243 e. The lowest BCUT2D eigenvalue weighted by Gasteiger charge is -2.33. The van der Waals surface area contributed by atoms with Crippen LogP contribution in [-0.2, 0) is 22.6 Å². The molecule has 1 aliphatic rings. The SMILES string of the molecule is CC(C)C(NC(=O)Cc1cccc2ccccc12)C(=O)NC1CCN(Cc2ccccc2)CC1. The molecule has 4 rings (SSSR count). The number of likely N-dealkylation sites (tertiary alicyclic amines) is 1. The highest BCUT2D eigenvalue weighted by Crippen LogP contribution is 2.19. The first-order valence-electron chi connectivity index (χ1n) is 12.3. The third-order valence-electron chi connectivity index (χ3n) is 6.68. The number of fused-ring (bicyclic) bond motifs is 1. The van der Waals surface area contributed by atoms with Gasteiger partial charge in [0.1, 0.15) is 6.04 Å². The van der Waals surface area contributed by atoms with Crippen LogP contribution in [0.1, 0.15) is 37.8 Å². The molecule has 0 saturated carbocycles. The van der Waals surface area contributed by atoms with E-state index in [-0.39, 0.29) is 30.2 Å². The number of carbonyl (C=O) groups is 2. The van der Waals surface area contributed by atoms with E-state index < -0.39 is 6.04 Å². The highest BCUT2D eigenvalue weighted by Gasteiger charge is 2.28. The van der Waals surface area contributed by atoms with Gasteiger partial charge in [-0.2, -0.15) is 0 Å². The molecule has 0 bridgehead atoms. The van der Waals surface area contributed by atoms with Crippen LogP contribution in [0.2, 0.25) is 0 Å². The van der Waals surface area contributed by atoms with Crippen molar-refractivity contribution < 1.29 is 9.59 Å². The van der Waals surface area contributed by atoms with Crippen molar-refractivity contribution in [3.63, 3.8) is 0 Å². The minimum atomic E-state index is -0.537. The number of benzene rings is 3. The average Bonchev–Trinajstić information content (AvgIpc) is 2.84. The predicted octanol–water partition coefficient (Wildman–Crippen LogP) is 4.30. The molecule has 5 nitrogen and oxygen atoms in total. The van der Waals surface area contributed by atoms with E-state index in [1.807, 2.05) is 62.4 Å². The molecular formula is C29H35N3O2. The summed E-state index contributed by atoms with van der Waals surface area (Å²) >= 11 is 0. The minimum Gasteiger partial charge on any atom is -0.351 e. The highest BCUT2D eigenvalue weighted by molar-refractivity contribution is 5.92. The summed E-state index contributed by atoms with van der Waals surface area (Å²) in [5, 5.41) is 8.39. The van der Waals surface area contributed by atoms with Crippen LogP contribution in [-0.4, -0.2) is 41.9 Å². The average molecular weight is 458 g/mol. The standard InChI is InChI=1S/C29H35N3O2/c1-21(2)28(31-27(33)19-24-13-8-12-23-11-6-7-14-26(23)24)29(34)30-25-15-17-32(18-16-25)20-22-9-4-3-5-10-22/h3-14,21,25,28H,15-20H2,1-2H3,(H,30,34)(H,31,33). The topological polar surface area (TPSA) is 61.4 Å². The van der Waals surface area contributed by atoms with Gasteiger partial charge >= 0.3 is 0 Å². The van der Waals surface area contributed by atoms with Crippen molar-refractivity contribution in [1.82, 2.24) is 15.5 Å². The van der Waals surface area contributed by atoms with Crippen molar-refractivity contribution in [1.29, 1.82) is 0 Å². The van der Waals surface area contributed by atoms with Crippen LogP contribution in [0.4, 0.5) is 0 Å². The summed E-state index contributed by atoms with van der Waals surface area (Å²) in [6, 6.07) is 24.2. The first-order chi connectivity index (χ1) is 16.5. The number of rotatable bonds is 8. The second-order valence-corrected chi connectivity index (χ2v) is 9.65. The van der Waals surface area contributed by atoms with Crippen LogP contribution in [0.15, 0.2) is 72.8 Å². The molecule has 1 fully saturated rings. The fourth-order valence-electron chi connectivity index (χ4n) is 4.75. The summed E-state index contributed by atoms with van der Waals surface area (Å²) in [7, 11) is 0. The maximum absolute atomic E-state index is 13.1. The van der Waals surface area contributed by atoms with E-state index in [9.17, 15) is 9.59 Å². The Morgan fingerprint density at radius 3 is 2.32 bits per heavy atom. The maximum atomic E-state index is 13.1. The number of piperidine rings is 1. The Morgan fingerprint density at radius 2 is 1.59 bits per heavy atom. The Morgan fingerprint density at radius 1 is 0.912 bits per heavy atom. The quantitative estimate of drug-likeness (QED) is 0.530. The zero-order valence-electron chi connectivity index (χ0n) is 20.2. The maximum Gasteiger partial charge on any atom is 0.243 e. The van der Waals surface area contributed by atoms with Crippen LogP contribution < -0.4 is 10.6 Å². The van der Waals surface area contributed by atoms with Gasteiger partial charge in [0.2, 0.25) is 11.8 Å². The lowest BCUT2D eigenvalue weighted by Crippen LogP contribution is -2.54. The molecule has 1 unspecified atom stereocenters. The Labute approximate surface area is 202 Å².